The monoisotopic (exact) mass is 1140 g/mol. The SMILES string of the molecule is Cc1ncsc1-c1ccc(CNC(=O)[C@@H]2C[C@@H](O)CN2C(=O)[C@@H](NC(=O)CCCCCOCCOCCOCCCCCCOc2cccc([C@H](C)NC(=O)c3cccc(NCc4nnc(-c5ccncn5)n4C)c3)c2)C(C)(C)C)cc1. The van der Waals surface area contributed by atoms with Crippen LogP contribution in [-0.2, 0) is 48.7 Å². The molecule has 1 fully saturated rings. The number of carbonyl (C=O) groups is 4. The fourth-order valence-electron chi connectivity index (χ4n) is 9.42. The predicted octanol–water partition coefficient (Wildman–Crippen LogP) is 8.17. The lowest BCUT2D eigenvalue weighted by atomic mass is 9.85. The number of unbranched alkanes of at least 4 members (excludes halogenated alkanes) is 5. The summed E-state index contributed by atoms with van der Waals surface area (Å²) in [4.78, 5) is 68.9. The lowest BCUT2D eigenvalue weighted by Gasteiger charge is -2.35. The Morgan fingerprint density at radius 2 is 1.50 bits per heavy atom. The van der Waals surface area contributed by atoms with E-state index in [2.05, 4.69) is 46.4 Å². The van der Waals surface area contributed by atoms with Gasteiger partial charge in [-0.05, 0) is 104 Å². The van der Waals surface area contributed by atoms with Crippen molar-refractivity contribution < 1.29 is 43.2 Å². The lowest BCUT2D eigenvalue weighted by molar-refractivity contribution is -0.144. The van der Waals surface area contributed by atoms with Gasteiger partial charge in [0, 0.05) is 63.6 Å². The van der Waals surface area contributed by atoms with Crippen molar-refractivity contribution in [3.8, 4) is 27.7 Å². The number of carbonyl (C=O) groups excluding carboxylic acids is 4. The molecule has 4 heterocycles. The first-order chi connectivity index (χ1) is 39.6. The summed E-state index contributed by atoms with van der Waals surface area (Å²) in [5, 5.41) is 31.5. The van der Waals surface area contributed by atoms with Gasteiger partial charge in [-0.25, -0.2) is 15.0 Å². The molecule has 5 N–H and O–H groups in total. The number of ether oxygens (including phenoxy) is 4. The molecule has 3 aromatic heterocycles. The van der Waals surface area contributed by atoms with E-state index in [0.717, 1.165) is 83.0 Å². The van der Waals surface area contributed by atoms with Gasteiger partial charge in [0.2, 0.25) is 17.7 Å². The second kappa shape index (κ2) is 31.9. The summed E-state index contributed by atoms with van der Waals surface area (Å²) in [5.41, 5.74) is 7.08. The first-order valence-corrected chi connectivity index (χ1v) is 29.3. The molecule has 20 nitrogen and oxygen atoms in total. The molecular formula is C61H81N11O9S. The molecule has 21 heteroatoms. The number of aliphatic hydroxyl groups is 1. The third-order valence-electron chi connectivity index (χ3n) is 14.2. The van der Waals surface area contributed by atoms with Crippen LogP contribution in [0.1, 0.15) is 125 Å². The Morgan fingerprint density at radius 3 is 2.20 bits per heavy atom. The molecule has 4 atom stereocenters. The van der Waals surface area contributed by atoms with Crippen LogP contribution in [0.15, 0.2) is 96.9 Å². The van der Waals surface area contributed by atoms with E-state index in [1.165, 1.54) is 11.2 Å². The molecule has 0 bridgehead atoms. The maximum atomic E-state index is 14.0. The van der Waals surface area contributed by atoms with Gasteiger partial charge in [-0.2, -0.15) is 0 Å². The number of hydrogen-bond acceptors (Lipinski definition) is 16. The molecule has 440 valence electrons. The number of amides is 4. The van der Waals surface area contributed by atoms with Gasteiger partial charge in [0.15, 0.2) is 11.6 Å². The lowest BCUT2D eigenvalue weighted by Crippen LogP contribution is -2.57. The maximum absolute atomic E-state index is 14.0. The normalized spacial score (nSPS) is 15.0. The molecular weight excluding hydrogens is 1060 g/mol. The average Bonchev–Trinajstić information content (AvgIpc) is 4.36. The summed E-state index contributed by atoms with van der Waals surface area (Å²) in [5.74, 6) is 0.995. The molecule has 0 spiro atoms. The van der Waals surface area contributed by atoms with Crippen LogP contribution in [0.5, 0.6) is 5.75 Å². The number of anilines is 1. The number of aliphatic hydroxyl groups excluding tert-OH is 1. The zero-order valence-corrected chi connectivity index (χ0v) is 49.1. The highest BCUT2D eigenvalue weighted by molar-refractivity contribution is 7.13. The fraction of sp³-hybridized carbons (Fsp3) is 0.492. The number of nitrogens with one attached hydrogen (secondary N) is 4. The molecule has 0 unspecified atom stereocenters. The van der Waals surface area contributed by atoms with Crippen LogP contribution in [0.25, 0.3) is 22.0 Å². The zero-order chi connectivity index (χ0) is 58.3. The second-order valence-corrected chi connectivity index (χ2v) is 22.5. The van der Waals surface area contributed by atoms with Gasteiger partial charge < -0.3 is 54.8 Å². The Balaban J connectivity index is 0.668. The summed E-state index contributed by atoms with van der Waals surface area (Å²) in [6, 6.07) is 22.9. The Kier molecular flexibility index (Phi) is 24.3. The van der Waals surface area contributed by atoms with Crippen molar-refractivity contribution in [2.75, 3.05) is 58.1 Å². The van der Waals surface area contributed by atoms with Gasteiger partial charge in [-0.3, -0.25) is 19.2 Å². The van der Waals surface area contributed by atoms with Crippen LogP contribution in [-0.4, -0.2) is 134 Å². The predicted molar refractivity (Wildman–Crippen MR) is 315 cm³/mol. The minimum atomic E-state index is -0.871. The van der Waals surface area contributed by atoms with Crippen LogP contribution in [0, 0.1) is 12.3 Å². The summed E-state index contributed by atoms with van der Waals surface area (Å²) >= 11 is 1.58. The van der Waals surface area contributed by atoms with Crippen molar-refractivity contribution in [1.29, 1.82) is 0 Å². The van der Waals surface area contributed by atoms with E-state index in [1.807, 2.05) is 118 Å². The highest BCUT2D eigenvalue weighted by atomic mass is 32.1. The van der Waals surface area contributed by atoms with Crippen LogP contribution in [0.2, 0.25) is 0 Å². The number of rotatable bonds is 33. The molecule has 0 saturated carbocycles. The number of aromatic nitrogens is 6. The topological polar surface area (TPSA) is 246 Å². The van der Waals surface area contributed by atoms with Gasteiger partial charge in [0.1, 0.15) is 29.9 Å². The molecule has 82 heavy (non-hydrogen) atoms. The first-order valence-electron chi connectivity index (χ1n) is 28.4. The second-order valence-electron chi connectivity index (χ2n) is 21.7. The molecule has 0 aliphatic carbocycles. The largest absolute Gasteiger partial charge is 0.494 e. The van der Waals surface area contributed by atoms with Crippen molar-refractivity contribution in [3.63, 3.8) is 0 Å². The highest BCUT2D eigenvalue weighted by Gasteiger charge is 2.44. The number of hydrogen-bond donors (Lipinski definition) is 5. The van der Waals surface area contributed by atoms with E-state index in [0.29, 0.717) is 76.3 Å². The minimum Gasteiger partial charge on any atom is -0.494 e. The van der Waals surface area contributed by atoms with Crippen LogP contribution < -0.4 is 26.0 Å². The summed E-state index contributed by atoms with van der Waals surface area (Å²) in [6.07, 6.45) is 8.82. The van der Waals surface area contributed by atoms with Crippen molar-refractivity contribution >= 4 is 40.7 Å². The van der Waals surface area contributed by atoms with Crippen molar-refractivity contribution in [3.05, 3.63) is 125 Å². The number of thiazole rings is 1. The Labute approximate surface area is 485 Å². The quantitative estimate of drug-likeness (QED) is 0.0244. The molecule has 7 rings (SSSR count). The van der Waals surface area contributed by atoms with Crippen LogP contribution in [0.3, 0.4) is 0 Å². The number of likely N-dealkylation sites (tertiary alicyclic amines) is 1. The van der Waals surface area contributed by atoms with E-state index < -0.39 is 23.6 Å². The van der Waals surface area contributed by atoms with E-state index >= 15 is 0 Å². The third-order valence-corrected chi connectivity index (χ3v) is 15.1. The smallest absolute Gasteiger partial charge is 0.251 e. The summed E-state index contributed by atoms with van der Waals surface area (Å²) < 4.78 is 25.1. The zero-order valence-electron chi connectivity index (χ0n) is 48.2. The van der Waals surface area contributed by atoms with Gasteiger partial charge in [-0.15, -0.1) is 21.5 Å². The maximum Gasteiger partial charge on any atom is 0.251 e. The van der Waals surface area contributed by atoms with Crippen molar-refractivity contribution in [2.45, 2.75) is 130 Å². The Morgan fingerprint density at radius 1 is 0.793 bits per heavy atom. The summed E-state index contributed by atoms with van der Waals surface area (Å²) in [7, 11) is 1.88. The molecule has 0 radical (unpaired) electrons. The van der Waals surface area contributed by atoms with Gasteiger partial charge in [-0.1, -0.05) is 76.1 Å². The average molecular weight is 1140 g/mol. The Hall–Kier alpha value is -7.17. The number of β-amino-alcohol motifs (C(OH)–C–C–N with tert-alkyl or cyclic N) is 1. The number of aryl methyl sites for hydroxylation is 1. The van der Waals surface area contributed by atoms with Crippen LogP contribution in [0.4, 0.5) is 5.69 Å². The Bertz CT molecular complexity index is 2950. The third kappa shape index (κ3) is 19.2. The molecule has 1 aliphatic heterocycles. The van der Waals surface area contributed by atoms with E-state index in [1.54, 1.807) is 29.7 Å². The number of nitrogens with zero attached hydrogens (tertiary/aromatic N) is 7. The standard InChI is InChI=1S/C61H81N11O9S/c1-42(67-58(75)47-17-14-18-48(34-47)63-38-53-69-70-57(71(53)6)51-25-26-62-40-65-51)46-16-15-19-50(35-46)81-29-13-8-7-11-27-78-30-32-80-33-31-79-28-12-9-10-20-54(74)68-56(61(3,4)5)60(77)72-39-49(73)36-52(72)59(76)64-37-44-21-23-45(24-22-44)55-43(2)66-41-82-55/h14-19,21-26,34-35,40-42,49,52,56,63,73H,7-13,20,27-33,36-39H2,1-6H3,(H,64,76)(H,67,75)(H,68,74)/t42-,49+,52-,56+/m0/s1. The molecule has 4 amide bonds. The molecule has 3 aromatic carbocycles. The fourth-order valence-corrected chi connectivity index (χ4v) is 10.2. The summed E-state index contributed by atoms with van der Waals surface area (Å²) in [6.45, 7) is 14.0. The van der Waals surface area contributed by atoms with Gasteiger partial charge >= 0.3 is 0 Å². The molecule has 1 saturated heterocycles. The number of benzene rings is 3. The molecule has 1 aliphatic rings. The van der Waals surface area contributed by atoms with Crippen LogP contribution >= 0.6 is 11.3 Å². The van der Waals surface area contributed by atoms with E-state index in [4.69, 9.17) is 18.9 Å². The first kappa shape index (κ1) is 62.4. The highest BCUT2D eigenvalue weighted by Crippen LogP contribution is 2.29. The van der Waals surface area contributed by atoms with Crippen molar-refractivity contribution in [1.82, 2.24) is 50.6 Å². The van der Waals surface area contributed by atoms with Gasteiger partial charge in [0.25, 0.3) is 5.91 Å². The van der Waals surface area contributed by atoms with E-state index in [-0.39, 0.29) is 55.6 Å². The molecule has 6 aromatic rings. The van der Waals surface area contributed by atoms with E-state index in [9.17, 15) is 24.3 Å². The minimum absolute atomic E-state index is 0.0210. The van der Waals surface area contributed by atoms with Crippen molar-refractivity contribution in [2.24, 2.45) is 12.5 Å². The van der Waals surface area contributed by atoms with Gasteiger partial charge in [0.05, 0.1) is 67.8 Å².